The number of para-hydroxylation sites is 1. The molecule has 20 heavy (non-hydrogen) atoms. The number of carbonyl (C=O) groups excluding carboxylic acids is 1. The molecule has 4 N–H and O–H groups in total. The van der Waals surface area contributed by atoms with Gasteiger partial charge >= 0.3 is 0 Å². The smallest absolute Gasteiger partial charge is 0.274 e. The molecule has 0 spiro atoms. The number of nitrogens with zero attached hydrogens (tertiary/aromatic N) is 1. The van der Waals surface area contributed by atoms with Crippen molar-refractivity contribution in [3.8, 4) is 0 Å². The highest BCUT2D eigenvalue weighted by Crippen LogP contribution is 2.17. The molecular formula is C14H16N4O2. The quantitative estimate of drug-likeness (QED) is 0.570. The number of pyridine rings is 1. The molecule has 0 atom stereocenters. The molecule has 0 saturated carbocycles. The van der Waals surface area contributed by atoms with E-state index in [1.165, 1.54) is 6.20 Å². The van der Waals surface area contributed by atoms with Crippen molar-refractivity contribution in [1.29, 1.82) is 0 Å². The molecule has 6 nitrogen and oxygen atoms in total. The van der Waals surface area contributed by atoms with Gasteiger partial charge in [0.25, 0.3) is 5.91 Å². The largest absolute Gasteiger partial charge is 0.380 e. The number of methoxy groups -OCH3 is 1. The normalized spacial score (nSPS) is 10.1. The Morgan fingerprint density at radius 1 is 1.35 bits per heavy atom. The summed E-state index contributed by atoms with van der Waals surface area (Å²) in [6, 6.07) is 10.7. The maximum absolute atomic E-state index is 12.2. The molecule has 1 aromatic heterocycles. The van der Waals surface area contributed by atoms with Crippen molar-refractivity contribution >= 4 is 17.3 Å². The van der Waals surface area contributed by atoms with E-state index in [4.69, 9.17) is 10.6 Å². The van der Waals surface area contributed by atoms with Crippen LogP contribution in [0, 0.1) is 0 Å². The van der Waals surface area contributed by atoms with E-state index in [0.29, 0.717) is 18.0 Å². The van der Waals surface area contributed by atoms with Crippen LogP contribution in [0.1, 0.15) is 16.1 Å². The van der Waals surface area contributed by atoms with E-state index >= 15 is 0 Å². The first-order chi connectivity index (χ1) is 9.74. The minimum atomic E-state index is -0.300. The third kappa shape index (κ3) is 3.31. The number of hydrogen-bond acceptors (Lipinski definition) is 5. The van der Waals surface area contributed by atoms with Crippen LogP contribution in [0.15, 0.2) is 42.6 Å². The van der Waals surface area contributed by atoms with Gasteiger partial charge in [-0.05, 0) is 18.2 Å². The fourth-order valence-electron chi connectivity index (χ4n) is 1.75. The van der Waals surface area contributed by atoms with Gasteiger partial charge in [0.05, 0.1) is 12.3 Å². The first kappa shape index (κ1) is 14.0. The van der Waals surface area contributed by atoms with Crippen LogP contribution >= 0.6 is 0 Å². The Balaban J connectivity index is 2.19. The first-order valence-corrected chi connectivity index (χ1v) is 6.05. The topological polar surface area (TPSA) is 89.3 Å². The minimum Gasteiger partial charge on any atom is -0.380 e. The number of nitrogens with two attached hydrogens (primary N) is 1. The number of amides is 1. The number of carbonyl (C=O) groups is 1. The van der Waals surface area contributed by atoms with Crippen molar-refractivity contribution in [3.05, 3.63) is 53.9 Å². The third-order valence-electron chi connectivity index (χ3n) is 2.72. The van der Waals surface area contributed by atoms with Crippen LogP contribution in [-0.4, -0.2) is 18.0 Å². The van der Waals surface area contributed by atoms with Crippen LogP contribution in [0.4, 0.5) is 11.4 Å². The second-order valence-corrected chi connectivity index (χ2v) is 4.12. The highest BCUT2D eigenvalue weighted by molar-refractivity contribution is 6.03. The monoisotopic (exact) mass is 272 g/mol. The molecule has 0 aliphatic heterocycles. The summed E-state index contributed by atoms with van der Waals surface area (Å²) in [4.78, 5) is 16.2. The summed E-state index contributed by atoms with van der Waals surface area (Å²) in [6.07, 6.45) is 1.52. The van der Waals surface area contributed by atoms with Crippen LogP contribution in [0.25, 0.3) is 0 Å². The number of anilines is 2. The van der Waals surface area contributed by atoms with Crippen LogP contribution in [0.2, 0.25) is 0 Å². The van der Waals surface area contributed by atoms with Gasteiger partial charge in [0.1, 0.15) is 5.69 Å². The van der Waals surface area contributed by atoms with E-state index in [0.717, 1.165) is 5.56 Å². The number of ether oxygens (including phenoxy) is 1. The Hall–Kier alpha value is -2.44. The number of aromatic nitrogens is 1. The lowest BCUT2D eigenvalue weighted by Crippen LogP contribution is -2.16. The fraction of sp³-hybridized carbons (Fsp3) is 0.143. The van der Waals surface area contributed by atoms with Gasteiger partial charge in [-0.3, -0.25) is 15.6 Å². The lowest BCUT2D eigenvalue weighted by Gasteiger charge is -2.10. The first-order valence-electron chi connectivity index (χ1n) is 6.05. The Bertz CT molecular complexity index is 601. The molecule has 104 valence electrons. The van der Waals surface area contributed by atoms with Gasteiger partial charge in [0.15, 0.2) is 0 Å². The van der Waals surface area contributed by atoms with Gasteiger partial charge in [-0.25, -0.2) is 0 Å². The zero-order valence-corrected chi connectivity index (χ0v) is 11.1. The van der Waals surface area contributed by atoms with Gasteiger partial charge in [-0.1, -0.05) is 18.2 Å². The molecule has 1 heterocycles. The van der Waals surface area contributed by atoms with Crippen molar-refractivity contribution < 1.29 is 9.53 Å². The van der Waals surface area contributed by atoms with Crippen LogP contribution in [0.3, 0.4) is 0 Å². The molecule has 0 fully saturated rings. The van der Waals surface area contributed by atoms with E-state index < -0.39 is 0 Å². The predicted molar refractivity (Wildman–Crippen MR) is 77.2 cm³/mol. The second kappa shape index (κ2) is 6.65. The second-order valence-electron chi connectivity index (χ2n) is 4.12. The zero-order valence-electron chi connectivity index (χ0n) is 11.1. The molecule has 0 unspecified atom stereocenters. The zero-order chi connectivity index (χ0) is 14.4. The summed E-state index contributed by atoms with van der Waals surface area (Å²) >= 11 is 0. The summed E-state index contributed by atoms with van der Waals surface area (Å²) in [5, 5.41) is 2.81. The number of hydrazine groups is 1. The Morgan fingerprint density at radius 3 is 2.90 bits per heavy atom. The summed E-state index contributed by atoms with van der Waals surface area (Å²) in [7, 11) is 1.61. The fourth-order valence-corrected chi connectivity index (χ4v) is 1.75. The Labute approximate surface area is 116 Å². The maximum Gasteiger partial charge on any atom is 0.274 e. The highest BCUT2D eigenvalue weighted by atomic mass is 16.5. The van der Waals surface area contributed by atoms with E-state index in [2.05, 4.69) is 15.7 Å². The molecule has 0 saturated heterocycles. The summed E-state index contributed by atoms with van der Waals surface area (Å²) in [5.74, 6) is 5.01. The van der Waals surface area contributed by atoms with E-state index in [-0.39, 0.29) is 11.6 Å². The molecule has 0 bridgehead atoms. The molecule has 0 aliphatic rings. The number of nitrogen functional groups attached to an aromatic ring is 1. The predicted octanol–water partition coefficient (Wildman–Crippen LogP) is 1.77. The molecule has 0 aliphatic carbocycles. The van der Waals surface area contributed by atoms with E-state index in [1.807, 2.05) is 24.3 Å². The van der Waals surface area contributed by atoms with Gasteiger partial charge < -0.3 is 15.5 Å². The van der Waals surface area contributed by atoms with Crippen molar-refractivity contribution in [2.75, 3.05) is 17.9 Å². The SMILES string of the molecule is COCc1ccccc1NC(=O)c1cc(NN)ccn1. The van der Waals surface area contributed by atoms with Crippen molar-refractivity contribution in [2.45, 2.75) is 6.61 Å². The van der Waals surface area contributed by atoms with Crippen LogP contribution in [0.5, 0.6) is 0 Å². The van der Waals surface area contributed by atoms with Crippen molar-refractivity contribution in [3.63, 3.8) is 0 Å². The van der Waals surface area contributed by atoms with Gasteiger partial charge in [0, 0.05) is 24.6 Å². The molecular weight excluding hydrogens is 256 g/mol. The average molecular weight is 272 g/mol. The Kier molecular flexibility index (Phi) is 4.65. The molecule has 1 amide bonds. The lowest BCUT2D eigenvalue weighted by molar-refractivity contribution is 0.102. The Morgan fingerprint density at radius 2 is 2.15 bits per heavy atom. The summed E-state index contributed by atoms with van der Waals surface area (Å²) < 4.78 is 5.10. The molecule has 0 radical (unpaired) electrons. The molecule has 1 aromatic carbocycles. The van der Waals surface area contributed by atoms with Crippen molar-refractivity contribution in [2.24, 2.45) is 5.84 Å². The molecule has 2 rings (SSSR count). The van der Waals surface area contributed by atoms with Crippen molar-refractivity contribution in [1.82, 2.24) is 4.98 Å². The minimum absolute atomic E-state index is 0.285. The number of hydrogen-bond donors (Lipinski definition) is 3. The van der Waals surface area contributed by atoms with Gasteiger partial charge in [-0.2, -0.15) is 0 Å². The number of rotatable bonds is 5. The maximum atomic E-state index is 12.2. The van der Waals surface area contributed by atoms with Gasteiger partial charge in [-0.15, -0.1) is 0 Å². The third-order valence-corrected chi connectivity index (χ3v) is 2.72. The highest BCUT2D eigenvalue weighted by Gasteiger charge is 2.10. The molecule has 2 aromatic rings. The number of nitrogens with one attached hydrogen (secondary N) is 2. The van der Waals surface area contributed by atoms with E-state index in [9.17, 15) is 4.79 Å². The number of benzene rings is 1. The lowest BCUT2D eigenvalue weighted by atomic mass is 10.2. The standard InChI is InChI=1S/C14H16N4O2/c1-20-9-10-4-2-3-5-12(10)17-14(19)13-8-11(18-15)6-7-16-13/h2-8H,9,15H2,1H3,(H,16,18)(H,17,19). The van der Waals surface area contributed by atoms with Crippen LogP contribution < -0.4 is 16.6 Å². The summed E-state index contributed by atoms with van der Waals surface area (Å²) in [6.45, 7) is 0.425. The van der Waals surface area contributed by atoms with Gasteiger partial charge in [0.2, 0.25) is 0 Å². The molecule has 6 heteroatoms. The van der Waals surface area contributed by atoms with Crippen LogP contribution in [-0.2, 0) is 11.3 Å². The van der Waals surface area contributed by atoms with E-state index in [1.54, 1.807) is 19.2 Å². The summed E-state index contributed by atoms with van der Waals surface area (Å²) in [5.41, 5.74) is 4.98. The average Bonchev–Trinajstić information content (AvgIpc) is 2.49.